The lowest BCUT2D eigenvalue weighted by atomic mass is 10.0. The lowest BCUT2D eigenvalue weighted by Gasteiger charge is -2.25. The van der Waals surface area contributed by atoms with Crippen LogP contribution in [-0.2, 0) is 17.7 Å². The molecular formula is C25H28N6O2S. The average Bonchev–Trinajstić information content (AvgIpc) is 3.48. The fourth-order valence-electron chi connectivity index (χ4n) is 4.14. The maximum absolute atomic E-state index is 13.3. The molecular weight excluding hydrogens is 448 g/mol. The van der Waals surface area contributed by atoms with Gasteiger partial charge in [0.25, 0.3) is 5.91 Å². The number of ether oxygens (including phenoxy) is 1. The number of nitrogens with one attached hydrogen (secondary N) is 2. The monoisotopic (exact) mass is 476 g/mol. The summed E-state index contributed by atoms with van der Waals surface area (Å²) in [6, 6.07) is 7.83. The highest BCUT2D eigenvalue weighted by molar-refractivity contribution is 7.14. The number of aromatic amines is 1. The van der Waals surface area contributed by atoms with Gasteiger partial charge in [-0.2, -0.15) is 0 Å². The summed E-state index contributed by atoms with van der Waals surface area (Å²) in [4.78, 5) is 32.8. The number of benzene rings is 1. The molecule has 4 aromatic rings. The van der Waals surface area contributed by atoms with Gasteiger partial charge in [0.1, 0.15) is 5.82 Å². The Morgan fingerprint density at radius 2 is 2.06 bits per heavy atom. The number of aryl methyl sites for hydroxylation is 2. The lowest BCUT2D eigenvalue weighted by Crippen LogP contribution is -2.35. The van der Waals surface area contributed by atoms with Gasteiger partial charge in [-0.25, -0.2) is 9.97 Å². The molecule has 0 saturated carbocycles. The smallest absolute Gasteiger partial charge is 0.259 e. The first-order chi connectivity index (χ1) is 16.6. The Kier molecular flexibility index (Phi) is 6.66. The Labute approximate surface area is 202 Å². The van der Waals surface area contributed by atoms with Gasteiger partial charge in [0.15, 0.2) is 5.13 Å². The van der Waals surface area contributed by atoms with Gasteiger partial charge < -0.3 is 9.72 Å². The first-order valence-corrected chi connectivity index (χ1v) is 12.5. The zero-order valence-corrected chi connectivity index (χ0v) is 20.2. The Hall–Kier alpha value is -3.14. The van der Waals surface area contributed by atoms with Crippen molar-refractivity contribution in [2.75, 3.05) is 31.6 Å². The highest BCUT2D eigenvalue weighted by Crippen LogP contribution is 2.27. The molecule has 9 heteroatoms. The van der Waals surface area contributed by atoms with E-state index in [4.69, 9.17) is 9.72 Å². The van der Waals surface area contributed by atoms with E-state index in [1.54, 1.807) is 6.20 Å². The minimum Gasteiger partial charge on any atom is -0.379 e. The van der Waals surface area contributed by atoms with Crippen LogP contribution in [0.15, 0.2) is 35.8 Å². The van der Waals surface area contributed by atoms with Gasteiger partial charge in [0.05, 0.1) is 35.5 Å². The van der Waals surface area contributed by atoms with E-state index in [0.29, 0.717) is 16.5 Å². The zero-order chi connectivity index (χ0) is 23.5. The standard InChI is InChI=1S/C25H28N6O2S/c1-3-4-17-7-8-20(22-21(17)28-23(29-22)18-6-5-16(2)26-13-18)24(32)30-25-27-19(15-34-25)14-31-9-11-33-12-10-31/h5-8,13,15H,3-4,9-12,14H2,1-2H3,(H,28,29)(H,27,30,32). The molecule has 1 amide bonds. The van der Waals surface area contributed by atoms with Crippen molar-refractivity contribution in [2.24, 2.45) is 0 Å². The Bertz CT molecular complexity index is 1290. The molecule has 1 aromatic carbocycles. The Morgan fingerprint density at radius 3 is 2.82 bits per heavy atom. The second-order valence-corrected chi connectivity index (χ2v) is 9.36. The van der Waals surface area contributed by atoms with Crippen LogP contribution in [0.2, 0.25) is 0 Å². The number of rotatable bonds is 7. The number of amides is 1. The number of hydrogen-bond donors (Lipinski definition) is 2. The number of nitrogens with zero attached hydrogens (tertiary/aromatic N) is 4. The van der Waals surface area contributed by atoms with Crippen molar-refractivity contribution in [3.63, 3.8) is 0 Å². The Morgan fingerprint density at radius 1 is 1.21 bits per heavy atom. The van der Waals surface area contributed by atoms with Gasteiger partial charge >= 0.3 is 0 Å². The van der Waals surface area contributed by atoms with E-state index in [-0.39, 0.29) is 5.91 Å². The summed E-state index contributed by atoms with van der Waals surface area (Å²) in [5.41, 5.74) is 6.05. The first kappa shape index (κ1) is 22.6. The predicted octanol–water partition coefficient (Wildman–Crippen LogP) is 4.43. The molecule has 1 aliphatic rings. The van der Waals surface area contributed by atoms with E-state index >= 15 is 0 Å². The molecule has 0 radical (unpaired) electrons. The normalized spacial score (nSPS) is 14.5. The second kappa shape index (κ2) is 10.0. The van der Waals surface area contributed by atoms with Crippen molar-refractivity contribution >= 4 is 33.4 Å². The number of aromatic nitrogens is 4. The summed E-state index contributed by atoms with van der Waals surface area (Å²) >= 11 is 1.45. The van der Waals surface area contributed by atoms with E-state index in [2.05, 4.69) is 32.1 Å². The van der Waals surface area contributed by atoms with Crippen LogP contribution in [0.5, 0.6) is 0 Å². The van der Waals surface area contributed by atoms with Crippen LogP contribution in [-0.4, -0.2) is 57.0 Å². The van der Waals surface area contributed by atoms with Crippen LogP contribution in [0.4, 0.5) is 5.13 Å². The molecule has 0 aliphatic carbocycles. The third kappa shape index (κ3) is 4.86. The number of carbonyl (C=O) groups excluding carboxylic acids is 1. The maximum atomic E-state index is 13.3. The number of imidazole rings is 1. The van der Waals surface area contributed by atoms with Gasteiger partial charge in [-0.1, -0.05) is 19.4 Å². The largest absolute Gasteiger partial charge is 0.379 e. The molecule has 0 bridgehead atoms. The molecule has 34 heavy (non-hydrogen) atoms. The summed E-state index contributed by atoms with van der Waals surface area (Å²) in [6.45, 7) is 8.17. The second-order valence-electron chi connectivity index (χ2n) is 8.51. The van der Waals surface area contributed by atoms with E-state index in [1.165, 1.54) is 11.3 Å². The molecule has 3 aromatic heterocycles. The number of anilines is 1. The van der Waals surface area contributed by atoms with Crippen LogP contribution >= 0.6 is 11.3 Å². The van der Waals surface area contributed by atoms with Crippen molar-refractivity contribution in [3.05, 3.63) is 58.4 Å². The molecule has 1 fully saturated rings. The molecule has 1 saturated heterocycles. The van der Waals surface area contributed by atoms with Crippen molar-refractivity contribution < 1.29 is 9.53 Å². The minimum absolute atomic E-state index is 0.197. The van der Waals surface area contributed by atoms with E-state index in [9.17, 15) is 4.79 Å². The number of fused-ring (bicyclic) bond motifs is 1. The van der Waals surface area contributed by atoms with Gasteiger partial charge in [-0.15, -0.1) is 11.3 Å². The van der Waals surface area contributed by atoms with Crippen molar-refractivity contribution in [3.8, 4) is 11.4 Å². The van der Waals surface area contributed by atoms with E-state index in [1.807, 2.05) is 36.6 Å². The summed E-state index contributed by atoms with van der Waals surface area (Å²) < 4.78 is 5.41. The summed E-state index contributed by atoms with van der Waals surface area (Å²) in [7, 11) is 0. The average molecular weight is 477 g/mol. The fraction of sp³-hybridized carbons (Fsp3) is 0.360. The van der Waals surface area contributed by atoms with Crippen molar-refractivity contribution in [2.45, 2.75) is 33.2 Å². The van der Waals surface area contributed by atoms with Crippen LogP contribution in [0.3, 0.4) is 0 Å². The van der Waals surface area contributed by atoms with Gasteiger partial charge in [-0.05, 0) is 37.1 Å². The predicted molar refractivity (Wildman–Crippen MR) is 134 cm³/mol. The quantitative estimate of drug-likeness (QED) is 0.410. The van der Waals surface area contributed by atoms with E-state index in [0.717, 1.165) is 79.2 Å². The van der Waals surface area contributed by atoms with Crippen LogP contribution in [0, 0.1) is 6.92 Å². The van der Waals surface area contributed by atoms with Crippen molar-refractivity contribution in [1.82, 2.24) is 24.8 Å². The maximum Gasteiger partial charge on any atom is 0.259 e. The van der Waals surface area contributed by atoms with E-state index < -0.39 is 0 Å². The number of carbonyl (C=O) groups is 1. The molecule has 1 aliphatic heterocycles. The highest BCUT2D eigenvalue weighted by atomic mass is 32.1. The molecule has 0 spiro atoms. The van der Waals surface area contributed by atoms with Crippen LogP contribution in [0.1, 0.15) is 40.7 Å². The van der Waals surface area contributed by atoms with Crippen LogP contribution < -0.4 is 5.32 Å². The molecule has 4 heterocycles. The summed E-state index contributed by atoms with van der Waals surface area (Å²) in [6.07, 6.45) is 3.70. The zero-order valence-electron chi connectivity index (χ0n) is 19.4. The molecule has 5 rings (SSSR count). The number of morpholine rings is 1. The van der Waals surface area contributed by atoms with Gasteiger partial charge in [0, 0.05) is 42.5 Å². The summed E-state index contributed by atoms with van der Waals surface area (Å²) in [5.74, 6) is 0.514. The molecule has 176 valence electrons. The topological polar surface area (TPSA) is 96.0 Å². The van der Waals surface area contributed by atoms with Gasteiger partial charge in [-0.3, -0.25) is 20.0 Å². The Balaban J connectivity index is 1.40. The fourth-order valence-corrected chi connectivity index (χ4v) is 4.84. The van der Waals surface area contributed by atoms with Crippen LogP contribution in [0.25, 0.3) is 22.4 Å². The SMILES string of the molecule is CCCc1ccc(C(=O)Nc2nc(CN3CCOCC3)cs2)c2[nH]c(-c3ccc(C)nc3)nc12. The molecule has 2 N–H and O–H groups in total. The lowest BCUT2D eigenvalue weighted by molar-refractivity contribution is 0.0337. The molecule has 0 unspecified atom stereocenters. The highest BCUT2D eigenvalue weighted by Gasteiger charge is 2.19. The number of hydrogen-bond acceptors (Lipinski definition) is 7. The number of thiazole rings is 1. The number of pyridine rings is 1. The minimum atomic E-state index is -0.197. The van der Waals surface area contributed by atoms with Gasteiger partial charge in [0.2, 0.25) is 0 Å². The molecule has 0 atom stereocenters. The molecule has 8 nitrogen and oxygen atoms in total. The third-order valence-corrected chi connectivity index (χ3v) is 6.75. The number of H-pyrrole nitrogens is 1. The summed E-state index contributed by atoms with van der Waals surface area (Å²) in [5, 5.41) is 5.58. The third-order valence-electron chi connectivity index (χ3n) is 5.94. The van der Waals surface area contributed by atoms with Crippen molar-refractivity contribution in [1.29, 1.82) is 0 Å². The first-order valence-electron chi connectivity index (χ1n) is 11.6.